The number of nitrogens with zero attached hydrogens (tertiary/aromatic N) is 2. The first kappa shape index (κ1) is 23.0. The number of ether oxygens (including phenoxy) is 2. The van der Waals surface area contributed by atoms with Crippen LogP contribution in [0.25, 0.3) is 11.1 Å². The third-order valence-electron chi connectivity index (χ3n) is 5.78. The van der Waals surface area contributed by atoms with Crippen LogP contribution in [0.4, 0.5) is 0 Å². The van der Waals surface area contributed by atoms with Crippen molar-refractivity contribution in [3.63, 3.8) is 0 Å². The second-order valence-corrected chi connectivity index (χ2v) is 9.96. The van der Waals surface area contributed by atoms with E-state index in [1.165, 1.54) is 0 Å². The molecule has 164 valence electrons. The second kappa shape index (κ2) is 8.11. The number of hydrogen-bond donors (Lipinski definition) is 0. The maximum atomic E-state index is 6.15. The number of rotatable bonds is 6. The number of hydrogen-bond acceptors (Lipinski definition) is 5. The van der Waals surface area contributed by atoms with Crippen LogP contribution in [0.1, 0.15) is 54.2 Å². The minimum absolute atomic E-state index is 0.283. The maximum Gasteiger partial charge on any atom is 0.494 e. The predicted molar refractivity (Wildman–Crippen MR) is 120 cm³/mol. The Labute approximate surface area is 181 Å². The third kappa shape index (κ3) is 4.97. The molecule has 1 aliphatic rings. The normalized spacial score (nSPS) is 19.3. The number of methoxy groups -OCH3 is 1. The van der Waals surface area contributed by atoms with Crippen LogP contribution < -0.4 is 5.46 Å². The summed E-state index contributed by atoms with van der Waals surface area (Å²) in [7, 11) is 1.30. The van der Waals surface area contributed by atoms with Crippen LogP contribution in [-0.2, 0) is 25.3 Å². The van der Waals surface area contributed by atoms with E-state index < -0.39 is 0 Å². The van der Waals surface area contributed by atoms with Crippen molar-refractivity contribution in [2.24, 2.45) is 0 Å². The van der Waals surface area contributed by atoms with Crippen molar-refractivity contribution >= 4 is 12.6 Å². The molecule has 0 aliphatic carbocycles. The molecule has 2 aromatic rings. The molecule has 0 radical (unpaired) electrons. The summed E-state index contributed by atoms with van der Waals surface area (Å²) in [5.74, 6) is 0. The van der Waals surface area contributed by atoms with Gasteiger partial charge in [0.15, 0.2) is 6.29 Å². The highest BCUT2D eigenvalue weighted by molar-refractivity contribution is 6.62. The fourth-order valence-electron chi connectivity index (χ4n) is 3.40. The molecule has 3 rings (SSSR count). The quantitative estimate of drug-likeness (QED) is 0.529. The van der Waals surface area contributed by atoms with E-state index in [1.807, 2.05) is 38.6 Å². The van der Waals surface area contributed by atoms with Crippen molar-refractivity contribution in [3.05, 3.63) is 36.2 Å². The molecular weight excluding hydrogens is 379 g/mol. The van der Waals surface area contributed by atoms with E-state index in [9.17, 15) is 0 Å². The Hall–Kier alpha value is -1.67. The fraction of sp³-hybridized carbons (Fsp3) is 0.609. The highest BCUT2D eigenvalue weighted by atomic mass is 16.7. The van der Waals surface area contributed by atoms with Crippen LogP contribution in [-0.4, -0.2) is 47.1 Å². The number of benzene rings is 1. The van der Waals surface area contributed by atoms with Crippen LogP contribution in [0.15, 0.2) is 30.5 Å². The van der Waals surface area contributed by atoms with Gasteiger partial charge in [0.05, 0.1) is 29.0 Å². The van der Waals surface area contributed by atoms with E-state index in [0.717, 1.165) is 22.3 Å². The molecule has 0 spiro atoms. The Kier molecular flexibility index (Phi) is 6.22. The lowest BCUT2D eigenvalue weighted by atomic mass is 9.78. The molecule has 30 heavy (non-hydrogen) atoms. The van der Waals surface area contributed by atoms with Crippen LogP contribution >= 0.6 is 0 Å². The van der Waals surface area contributed by atoms with Gasteiger partial charge in [-0.15, -0.1) is 0 Å². The van der Waals surface area contributed by atoms with Gasteiger partial charge in [-0.1, -0.05) is 24.3 Å². The van der Waals surface area contributed by atoms with Gasteiger partial charge in [-0.2, -0.15) is 5.10 Å². The smallest absolute Gasteiger partial charge is 0.399 e. The maximum absolute atomic E-state index is 6.15. The Morgan fingerprint density at radius 3 is 2.13 bits per heavy atom. The van der Waals surface area contributed by atoms with Gasteiger partial charge in [-0.25, -0.2) is 0 Å². The van der Waals surface area contributed by atoms with E-state index in [4.69, 9.17) is 18.8 Å². The minimum atomic E-state index is -0.358. The van der Waals surface area contributed by atoms with Gasteiger partial charge in [-0.3, -0.25) is 4.68 Å². The van der Waals surface area contributed by atoms with Gasteiger partial charge in [0.2, 0.25) is 0 Å². The van der Waals surface area contributed by atoms with Gasteiger partial charge < -0.3 is 18.8 Å². The van der Waals surface area contributed by atoms with Crippen molar-refractivity contribution in [3.8, 4) is 11.1 Å². The summed E-state index contributed by atoms with van der Waals surface area (Å²) in [5.41, 5.74) is 3.19. The first-order chi connectivity index (χ1) is 13.8. The third-order valence-corrected chi connectivity index (χ3v) is 5.78. The van der Waals surface area contributed by atoms with Crippen molar-refractivity contribution in [2.75, 3.05) is 7.11 Å². The molecule has 1 fully saturated rings. The zero-order chi connectivity index (χ0) is 22.3. The lowest BCUT2D eigenvalue weighted by Crippen LogP contribution is -2.41. The Morgan fingerprint density at radius 2 is 1.63 bits per heavy atom. The standard InChI is InChI=1S/C23H35BN2O4/c1-16-19(14-26(25-16)15-20(27-9)28-21(2,3)4)17-10-12-18(13-11-17)24-29-22(5,6)23(7,8)30-24/h10-14,20H,15H2,1-9H3. The van der Waals surface area contributed by atoms with Crippen molar-refractivity contribution < 1.29 is 18.8 Å². The molecule has 0 saturated carbocycles. The molecule has 1 atom stereocenters. The SMILES string of the molecule is COC(Cn1cc(-c2ccc(B3OC(C)(C)C(C)(C)O3)cc2)c(C)n1)OC(C)(C)C. The molecule has 1 aromatic carbocycles. The second-order valence-electron chi connectivity index (χ2n) is 9.96. The van der Waals surface area contributed by atoms with E-state index in [2.05, 4.69) is 57.1 Å². The molecule has 7 heteroatoms. The molecule has 1 unspecified atom stereocenters. The minimum Gasteiger partial charge on any atom is -0.399 e. The molecule has 1 saturated heterocycles. The zero-order valence-corrected chi connectivity index (χ0v) is 19.8. The highest BCUT2D eigenvalue weighted by Gasteiger charge is 2.51. The van der Waals surface area contributed by atoms with Gasteiger partial charge in [0.1, 0.15) is 0 Å². The molecule has 1 aromatic heterocycles. The Balaban J connectivity index is 1.74. The first-order valence-corrected chi connectivity index (χ1v) is 10.5. The molecule has 0 bridgehead atoms. The van der Waals surface area contributed by atoms with Gasteiger partial charge in [0, 0.05) is 18.9 Å². The van der Waals surface area contributed by atoms with Gasteiger partial charge in [0.25, 0.3) is 0 Å². The Bertz CT molecular complexity index is 852. The van der Waals surface area contributed by atoms with Crippen molar-refractivity contribution in [1.29, 1.82) is 0 Å². The van der Waals surface area contributed by atoms with Crippen LogP contribution in [0, 0.1) is 6.92 Å². The average molecular weight is 414 g/mol. The molecule has 1 aliphatic heterocycles. The lowest BCUT2D eigenvalue weighted by molar-refractivity contribution is -0.188. The lowest BCUT2D eigenvalue weighted by Gasteiger charge is -2.32. The first-order valence-electron chi connectivity index (χ1n) is 10.5. The highest BCUT2D eigenvalue weighted by Crippen LogP contribution is 2.36. The van der Waals surface area contributed by atoms with Crippen LogP contribution in [0.5, 0.6) is 0 Å². The van der Waals surface area contributed by atoms with E-state index in [1.54, 1.807) is 7.11 Å². The summed E-state index contributed by atoms with van der Waals surface area (Å²) in [4.78, 5) is 0. The number of aromatic nitrogens is 2. The fourth-order valence-corrected chi connectivity index (χ4v) is 3.40. The van der Waals surface area contributed by atoms with Crippen LogP contribution in [0.2, 0.25) is 0 Å². The predicted octanol–water partition coefficient (Wildman–Crippen LogP) is 3.95. The number of aryl methyl sites for hydroxylation is 1. The molecule has 2 heterocycles. The topological polar surface area (TPSA) is 54.7 Å². The summed E-state index contributed by atoms with van der Waals surface area (Å²) >= 11 is 0. The van der Waals surface area contributed by atoms with Crippen molar-refractivity contribution in [2.45, 2.75) is 85.0 Å². The summed E-state index contributed by atoms with van der Waals surface area (Å²) in [6, 6.07) is 8.31. The molecule has 0 amide bonds. The summed E-state index contributed by atoms with van der Waals surface area (Å²) in [6.45, 7) is 16.8. The van der Waals surface area contributed by atoms with Crippen LogP contribution in [0.3, 0.4) is 0 Å². The summed E-state index contributed by atoms with van der Waals surface area (Å²) < 4.78 is 25.6. The molecular formula is C23H35BN2O4. The summed E-state index contributed by atoms with van der Waals surface area (Å²) in [6.07, 6.45) is 1.68. The summed E-state index contributed by atoms with van der Waals surface area (Å²) in [5, 5.41) is 4.65. The zero-order valence-electron chi connectivity index (χ0n) is 19.8. The van der Waals surface area contributed by atoms with E-state index >= 15 is 0 Å². The largest absolute Gasteiger partial charge is 0.494 e. The molecule has 6 nitrogen and oxygen atoms in total. The monoisotopic (exact) mass is 414 g/mol. The Morgan fingerprint density at radius 1 is 1.07 bits per heavy atom. The van der Waals surface area contributed by atoms with Crippen molar-refractivity contribution in [1.82, 2.24) is 9.78 Å². The van der Waals surface area contributed by atoms with Gasteiger partial charge >= 0.3 is 7.12 Å². The average Bonchev–Trinajstić information content (AvgIpc) is 3.09. The van der Waals surface area contributed by atoms with E-state index in [-0.39, 0.29) is 30.2 Å². The van der Waals surface area contributed by atoms with Gasteiger partial charge in [-0.05, 0) is 66.4 Å². The van der Waals surface area contributed by atoms with E-state index in [0.29, 0.717) is 6.54 Å². The molecule has 0 N–H and O–H groups in total.